The van der Waals surface area contributed by atoms with Crippen molar-refractivity contribution < 1.29 is 18.7 Å². The third-order valence-electron chi connectivity index (χ3n) is 5.88. The second-order valence-corrected chi connectivity index (χ2v) is 9.83. The predicted molar refractivity (Wildman–Crippen MR) is 143 cm³/mol. The van der Waals surface area contributed by atoms with Crippen LogP contribution in [0.2, 0.25) is 5.02 Å². The molecule has 38 heavy (non-hydrogen) atoms. The van der Waals surface area contributed by atoms with Crippen molar-refractivity contribution in [2.75, 3.05) is 6.61 Å². The molecule has 1 aliphatic rings. The number of hydrogen-bond donors (Lipinski definition) is 0. The van der Waals surface area contributed by atoms with Crippen molar-refractivity contribution in [1.82, 2.24) is 5.01 Å². The van der Waals surface area contributed by atoms with Crippen LogP contribution >= 0.6 is 23.4 Å². The van der Waals surface area contributed by atoms with E-state index in [0.29, 0.717) is 43.8 Å². The smallest absolute Gasteiger partial charge is 0.339 e. The van der Waals surface area contributed by atoms with Crippen molar-refractivity contribution in [2.45, 2.75) is 22.3 Å². The van der Waals surface area contributed by atoms with Crippen LogP contribution in [-0.4, -0.2) is 29.2 Å². The summed E-state index contributed by atoms with van der Waals surface area (Å²) < 4.78 is 11.0. The molecule has 1 amide bonds. The zero-order chi connectivity index (χ0) is 26.5. The highest BCUT2D eigenvalue weighted by Gasteiger charge is 2.35. The number of carbonyl (C=O) groups excluding carboxylic acids is 2. The highest BCUT2D eigenvalue weighted by Crippen LogP contribution is 2.34. The first-order valence-electron chi connectivity index (χ1n) is 11.7. The summed E-state index contributed by atoms with van der Waals surface area (Å²) in [4.78, 5) is 27.6. The third-order valence-corrected chi connectivity index (χ3v) is 7.28. The molecule has 0 aliphatic carbocycles. The number of nitrogens with zero attached hydrogens (tertiary/aromatic N) is 3. The normalized spacial score (nSPS) is 14.6. The van der Waals surface area contributed by atoms with E-state index in [1.165, 1.54) is 23.0 Å². The van der Waals surface area contributed by atoms with Gasteiger partial charge in [0.15, 0.2) is 6.61 Å². The number of nitriles is 1. The maximum absolute atomic E-state index is 13.2. The van der Waals surface area contributed by atoms with Gasteiger partial charge in [0.2, 0.25) is 0 Å². The van der Waals surface area contributed by atoms with Gasteiger partial charge < -0.3 is 9.15 Å². The zero-order valence-electron chi connectivity index (χ0n) is 19.9. The van der Waals surface area contributed by atoms with Crippen molar-refractivity contribution in [3.63, 3.8) is 0 Å². The number of furan rings is 1. The quantitative estimate of drug-likeness (QED) is 0.248. The Kier molecular flexibility index (Phi) is 7.59. The molecule has 2 heterocycles. The number of hydrogen-bond acceptors (Lipinski definition) is 7. The lowest BCUT2D eigenvalue weighted by Gasteiger charge is -2.19. The molecular weight excluding hydrogens is 522 g/mol. The molecule has 1 aromatic heterocycles. The topological polar surface area (TPSA) is 95.9 Å². The maximum atomic E-state index is 13.2. The van der Waals surface area contributed by atoms with E-state index < -0.39 is 24.5 Å². The van der Waals surface area contributed by atoms with Crippen molar-refractivity contribution in [3.8, 4) is 6.07 Å². The Labute approximate surface area is 228 Å². The number of carbonyl (C=O) groups is 2. The van der Waals surface area contributed by atoms with Crippen LogP contribution in [0.25, 0.3) is 0 Å². The van der Waals surface area contributed by atoms with Crippen LogP contribution in [0.3, 0.4) is 0 Å². The van der Waals surface area contributed by atoms with E-state index in [1.54, 1.807) is 60.7 Å². The van der Waals surface area contributed by atoms with Gasteiger partial charge in [0.25, 0.3) is 5.91 Å². The van der Waals surface area contributed by atoms with Gasteiger partial charge in [0, 0.05) is 21.2 Å². The highest BCUT2D eigenvalue weighted by molar-refractivity contribution is 7.99. The van der Waals surface area contributed by atoms with Gasteiger partial charge in [-0.15, -0.1) is 0 Å². The summed E-state index contributed by atoms with van der Waals surface area (Å²) >= 11 is 7.31. The molecule has 3 aromatic carbocycles. The minimum absolute atomic E-state index is 0.299. The molecule has 0 bridgehead atoms. The summed E-state index contributed by atoms with van der Waals surface area (Å²) in [5.74, 6) is -0.550. The monoisotopic (exact) mass is 541 g/mol. The molecule has 4 aromatic rings. The fourth-order valence-corrected chi connectivity index (χ4v) is 5.16. The molecule has 0 saturated carbocycles. The van der Waals surface area contributed by atoms with Crippen LogP contribution < -0.4 is 0 Å². The Bertz CT molecular complexity index is 1540. The van der Waals surface area contributed by atoms with Crippen molar-refractivity contribution in [3.05, 3.63) is 119 Å². The Morgan fingerprint density at radius 3 is 2.50 bits per heavy atom. The van der Waals surface area contributed by atoms with Crippen LogP contribution in [0.1, 0.15) is 39.7 Å². The molecule has 0 spiro atoms. The minimum Gasteiger partial charge on any atom is -0.467 e. The number of hydrazone groups is 1. The van der Waals surface area contributed by atoms with E-state index in [9.17, 15) is 14.9 Å². The molecule has 0 fully saturated rings. The van der Waals surface area contributed by atoms with Crippen molar-refractivity contribution >= 4 is 41.0 Å². The first-order chi connectivity index (χ1) is 18.5. The largest absolute Gasteiger partial charge is 0.467 e. The maximum Gasteiger partial charge on any atom is 0.339 e. The number of amides is 1. The van der Waals surface area contributed by atoms with Crippen LogP contribution in [0.4, 0.5) is 0 Å². The molecule has 188 valence electrons. The Hall–Kier alpha value is -4.32. The Morgan fingerprint density at radius 2 is 1.76 bits per heavy atom. The van der Waals surface area contributed by atoms with E-state index in [2.05, 4.69) is 11.2 Å². The standard InChI is InChI=1S/C29H20ClN3O4S/c30-21-13-11-19(12-14-21)23-16-24(25-8-5-15-36-25)33(32-23)28(34)18-37-29(35)22-7-2-4-10-27(22)38-26-9-3-1-6-20(26)17-31/h1-15,24H,16,18H2/t24-/m1/s1. The SMILES string of the molecule is N#Cc1ccccc1Sc1ccccc1C(=O)OCC(=O)N1N=C(c2ccc(Cl)cc2)C[C@@H]1c1ccco1. The molecule has 0 saturated heterocycles. The van der Waals surface area contributed by atoms with Gasteiger partial charge in [0.05, 0.1) is 23.1 Å². The van der Waals surface area contributed by atoms with E-state index in [4.69, 9.17) is 20.8 Å². The van der Waals surface area contributed by atoms with E-state index in [1.807, 2.05) is 24.3 Å². The number of ether oxygens (including phenoxy) is 1. The summed E-state index contributed by atoms with van der Waals surface area (Å²) in [6, 6.07) is 26.5. The van der Waals surface area contributed by atoms with Gasteiger partial charge in [0.1, 0.15) is 17.9 Å². The van der Waals surface area contributed by atoms with Crippen LogP contribution in [-0.2, 0) is 9.53 Å². The average molecular weight is 542 g/mol. The average Bonchev–Trinajstić information content (AvgIpc) is 3.63. The first kappa shape index (κ1) is 25.3. The van der Waals surface area contributed by atoms with Crippen LogP contribution in [0.15, 0.2) is 111 Å². The van der Waals surface area contributed by atoms with E-state index in [0.717, 1.165) is 5.56 Å². The van der Waals surface area contributed by atoms with Gasteiger partial charge in [-0.2, -0.15) is 10.4 Å². The first-order valence-corrected chi connectivity index (χ1v) is 12.8. The number of rotatable bonds is 7. The molecule has 0 radical (unpaired) electrons. The number of halogens is 1. The summed E-state index contributed by atoms with van der Waals surface area (Å²) in [6.07, 6.45) is 1.98. The zero-order valence-corrected chi connectivity index (χ0v) is 21.5. The molecule has 5 rings (SSSR count). The number of benzene rings is 3. The summed E-state index contributed by atoms with van der Waals surface area (Å²) in [5, 5.41) is 15.8. The summed E-state index contributed by atoms with van der Waals surface area (Å²) in [5.41, 5.74) is 2.33. The van der Waals surface area contributed by atoms with Crippen molar-refractivity contribution in [1.29, 1.82) is 5.26 Å². The van der Waals surface area contributed by atoms with E-state index in [-0.39, 0.29) is 0 Å². The molecular formula is C29H20ClN3O4S. The molecule has 7 nitrogen and oxygen atoms in total. The van der Waals surface area contributed by atoms with Gasteiger partial charge in [-0.05, 0) is 54.1 Å². The van der Waals surface area contributed by atoms with E-state index >= 15 is 0 Å². The lowest BCUT2D eigenvalue weighted by Crippen LogP contribution is -2.31. The fourth-order valence-electron chi connectivity index (χ4n) is 4.02. The summed E-state index contributed by atoms with van der Waals surface area (Å²) in [6.45, 7) is -0.499. The minimum atomic E-state index is -0.647. The number of esters is 1. The molecule has 0 unspecified atom stereocenters. The Balaban J connectivity index is 1.32. The lowest BCUT2D eigenvalue weighted by atomic mass is 10.0. The van der Waals surface area contributed by atoms with Gasteiger partial charge in [-0.25, -0.2) is 9.80 Å². The lowest BCUT2D eigenvalue weighted by molar-refractivity contribution is -0.136. The molecule has 1 aliphatic heterocycles. The van der Waals surface area contributed by atoms with Gasteiger partial charge in [-0.1, -0.05) is 59.8 Å². The van der Waals surface area contributed by atoms with Crippen LogP contribution in [0.5, 0.6) is 0 Å². The third kappa shape index (κ3) is 5.49. The summed E-state index contributed by atoms with van der Waals surface area (Å²) in [7, 11) is 0. The Morgan fingerprint density at radius 1 is 1.03 bits per heavy atom. The molecule has 1 atom stereocenters. The second kappa shape index (κ2) is 11.4. The predicted octanol–water partition coefficient (Wildman–Crippen LogP) is 6.49. The van der Waals surface area contributed by atoms with Gasteiger partial charge in [-0.3, -0.25) is 4.79 Å². The molecule has 9 heteroatoms. The highest BCUT2D eigenvalue weighted by atomic mass is 35.5. The fraction of sp³-hybridized carbons (Fsp3) is 0.103. The van der Waals surface area contributed by atoms with Gasteiger partial charge >= 0.3 is 5.97 Å². The van der Waals surface area contributed by atoms with Crippen LogP contribution in [0, 0.1) is 11.3 Å². The van der Waals surface area contributed by atoms with Crippen molar-refractivity contribution in [2.24, 2.45) is 5.10 Å². The second-order valence-electron chi connectivity index (χ2n) is 8.31. The molecule has 0 N–H and O–H groups in total.